The monoisotopic (exact) mass is 449 g/mol. The van der Waals surface area contributed by atoms with Crippen LogP contribution in [-0.4, -0.2) is 34.6 Å². The minimum Gasteiger partial charge on any atom is -0.463 e. The maximum Gasteiger partial charge on any atom is 0.316 e. The lowest BCUT2D eigenvalue weighted by Crippen LogP contribution is -2.27. The molecule has 2 heterocycles. The molecule has 3 aromatic rings. The molecule has 1 aliphatic carbocycles. The molecule has 0 unspecified atom stereocenters. The van der Waals surface area contributed by atoms with Gasteiger partial charge >= 0.3 is 6.01 Å². The summed E-state index contributed by atoms with van der Waals surface area (Å²) in [6.07, 6.45) is 8.24. The van der Waals surface area contributed by atoms with Crippen LogP contribution in [-0.2, 0) is 6.54 Å². The van der Waals surface area contributed by atoms with Crippen molar-refractivity contribution in [1.82, 2.24) is 14.9 Å². The predicted octanol–water partition coefficient (Wildman–Crippen LogP) is 6.09. The van der Waals surface area contributed by atoms with Gasteiger partial charge in [-0.2, -0.15) is 9.97 Å². The molecule has 5 rings (SSSR count). The summed E-state index contributed by atoms with van der Waals surface area (Å²) in [6, 6.07) is 16.9. The lowest BCUT2D eigenvalue weighted by Gasteiger charge is -2.35. The molecule has 2 aliphatic rings. The van der Waals surface area contributed by atoms with Crippen LogP contribution in [0.15, 0.2) is 60.9 Å². The van der Waals surface area contributed by atoms with Crippen LogP contribution in [0.3, 0.4) is 0 Å². The summed E-state index contributed by atoms with van der Waals surface area (Å²) in [5.41, 5.74) is 2.87. The number of rotatable bonds is 8. The zero-order chi connectivity index (χ0) is 21.8. The van der Waals surface area contributed by atoms with E-state index >= 15 is 0 Å². The van der Waals surface area contributed by atoms with Crippen molar-refractivity contribution in [3.8, 4) is 17.5 Å². The average molecular weight is 450 g/mol. The molecule has 1 aromatic heterocycles. The third-order valence-electron chi connectivity index (χ3n) is 6.38. The molecule has 0 bridgehead atoms. The number of halogens is 1. The molecule has 2 aromatic carbocycles. The lowest BCUT2D eigenvalue weighted by molar-refractivity contribution is 0.149. The third kappa shape index (κ3) is 5.40. The second-order valence-electron chi connectivity index (χ2n) is 8.83. The van der Waals surface area contributed by atoms with Crippen LogP contribution in [0.2, 0.25) is 5.02 Å². The first-order chi connectivity index (χ1) is 15.7. The van der Waals surface area contributed by atoms with E-state index in [0.717, 1.165) is 19.4 Å². The molecule has 1 saturated heterocycles. The van der Waals surface area contributed by atoms with Crippen LogP contribution in [0.4, 0.5) is 0 Å². The van der Waals surface area contributed by atoms with Crippen molar-refractivity contribution in [3.05, 3.63) is 77.1 Å². The highest BCUT2D eigenvalue weighted by Gasteiger charge is 2.31. The zero-order valence-corrected chi connectivity index (χ0v) is 18.9. The number of benzene rings is 2. The molecule has 2 fully saturated rings. The van der Waals surface area contributed by atoms with Crippen LogP contribution < -0.4 is 9.47 Å². The van der Waals surface area contributed by atoms with Crippen molar-refractivity contribution in [2.24, 2.45) is 5.92 Å². The summed E-state index contributed by atoms with van der Waals surface area (Å²) in [5, 5.41) is 0.625. The van der Waals surface area contributed by atoms with E-state index in [9.17, 15) is 0 Å². The predicted molar refractivity (Wildman–Crippen MR) is 125 cm³/mol. The molecule has 1 aliphatic heterocycles. The van der Waals surface area contributed by atoms with Gasteiger partial charge in [-0.25, -0.2) is 0 Å². The largest absolute Gasteiger partial charge is 0.463 e. The Morgan fingerprint density at radius 1 is 0.938 bits per heavy atom. The van der Waals surface area contributed by atoms with Crippen LogP contribution in [0.5, 0.6) is 17.5 Å². The molecule has 5 nitrogen and oxygen atoms in total. The number of hydrogen-bond acceptors (Lipinski definition) is 5. The summed E-state index contributed by atoms with van der Waals surface area (Å²) < 4.78 is 11.5. The van der Waals surface area contributed by atoms with E-state index < -0.39 is 0 Å². The van der Waals surface area contributed by atoms with E-state index in [1.807, 2.05) is 12.1 Å². The van der Waals surface area contributed by atoms with E-state index in [4.69, 9.17) is 21.1 Å². The number of likely N-dealkylation sites (tertiary alicyclic amines) is 1. The van der Waals surface area contributed by atoms with Gasteiger partial charge in [0.2, 0.25) is 0 Å². The van der Waals surface area contributed by atoms with Crippen molar-refractivity contribution in [3.63, 3.8) is 0 Å². The fourth-order valence-electron chi connectivity index (χ4n) is 4.53. The van der Waals surface area contributed by atoms with Gasteiger partial charge in [0.25, 0.3) is 0 Å². The summed E-state index contributed by atoms with van der Waals surface area (Å²) in [6.45, 7) is 4.23. The standard InChI is InChI=1S/C26H28ClN3O2/c27-23-4-3-5-24(14-23)32-25-15-28-26(29-16-25)31-18-20-12-22(13-20)21-8-6-19(7-9-21)17-30-10-1-2-11-30/h3-9,14-16,20,22H,1-2,10-13,17-18H2. The molecule has 32 heavy (non-hydrogen) atoms. The molecular weight excluding hydrogens is 422 g/mol. The summed E-state index contributed by atoms with van der Waals surface area (Å²) in [4.78, 5) is 11.1. The highest BCUT2D eigenvalue weighted by atomic mass is 35.5. The number of ether oxygens (including phenoxy) is 2. The van der Waals surface area contributed by atoms with E-state index in [1.165, 1.54) is 37.1 Å². The Kier molecular flexibility index (Phi) is 6.56. The van der Waals surface area contributed by atoms with Gasteiger partial charge in [0.1, 0.15) is 5.75 Å². The van der Waals surface area contributed by atoms with Gasteiger partial charge in [0.05, 0.1) is 19.0 Å². The Labute approximate surface area is 194 Å². The van der Waals surface area contributed by atoms with Crippen LogP contribution in [0.1, 0.15) is 42.7 Å². The van der Waals surface area contributed by atoms with Gasteiger partial charge in [-0.15, -0.1) is 0 Å². The number of aromatic nitrogens is 2. The van der Waals surface area contributed by atoms with Gasteiger partial charge in [-0.05, 0) is 79.9 Å². The first-order valence-electron chi connectivity index (χ1n) is 11.4. The Morgan fingerprint density at radius 2 is 1.69 bits per heavy atom. The lowest BCUT2D eigenvalue weighted by atomic mass is 9.72. The molecular formula is C26H28ClN3O2. The fraction of sp³-hybridized carbons (Fsp3) is 0.385. The maximum absolute atomic E-state index is 5.98. The summed E-state index contributed by atoms with van der Waals surface area (Å²) >= 11 is 5.98. The molecule has 6 heteroatoms. The van der Waals surface area contributed by atoms with Gasteiger partial charge in [0.15, 0.2) is 5.75 Å². The Morgan fingerprint density at radius 3 is 2.41 bits per heavy atom. The highest BCUT2D eigenvalue weighted by Crippen LogP contribution is 2.41. The summed E-state index contributed by atoms with van der Waals surface area (Å²) in [5.74, 6) is 2.39. The van der Waals surface area contributed by atoms with E-state index in [-0.39, 0.29) is 0 Å². The molecule has 0 amide bonds. The van der Waals surface area contributed by atoms with Gasteiger partial charge in [-0.3, -0.25) is 4.90 Å². The molecule has 0 spiro atoms. The molecule has 0 atom stereocenters. The number of nitrogens with zero attached hydrogens (tertiary/aromatic N) is 3. The summed E-state index contributed by atoms with van der Waals surface area (Å²) in [7, 11) is 0. The minimum atomic E-state index is 0.387. The Hall–Kier alpha value is -2.63. The van der Waals surface area contributed by atoms with Gasteiger partial charge < -0.3 is 9.47 Å². The van der Waals surface area contributed by atoms with Crippen molar-refractivity contribution >= 4 is 11.6 Å². The fourth-order valence-corrected chi connectivity index (χ4v) is 4.71. The molecule has 1 saturated carbocycles. The van der Waals surface area contributed by atoms with Crippen LogP contribution in [0, 0.1) is 5.92 Å². The number of hydrogen-bond donors (Lipinski definition) is 0. The Bertz CT molecular complexity index is 1010. The van der Waals surface area contributed by atoms with Crippen molar-refractivity contribution in [2.45, 2.75) is 38.1 Å². The quantitative estimate of drug-likeness (QED) is 0.416. The first kappa shape index (κ1) is 21.2. The molecule has 166 valence electrons. The second-order valence-corrected chi connectivity index (χ2v) is 9.27. The first-order valence-corrected chi connectivity index (χ1v) is 11.8. The van der Waals surface area contributed by atoms with Crippen LogP contribution >= 0.6 is 11.6 Å². The third-order valence-corrected chi connectivity index (χ3v) is 6.61. The normalized spacial score (nSPS) is 20.7. The van der Waals surface area contributed by atoms with Gasteiger partial charge in [0, 0.05) is 11.6 Å². The average Bonchev–Trinajstić information content (AvgIpc) is 3.28. The minimum absolute atomic E-state index is 0.387. The van der Waals surface area contributed by atoms with E-state index in [0.29, 0.717) is 41.0 Å². The van der Waals surface area contributed by atoms with Crippen molar-refractivity contribution < 1.29 is 9.47 Å². The van der Waals surface area contributed by atoms with Gasteiger partial charge in [-0.1, -0.05) is 41.9 Å². The van der Waals surface area contributed by atoms with Crippen LogP contribution in [0.25, 0.3) is 0 Å². The topological polar surface area (TPSA) is 47.5 Å². The van der Waals surface area contributed by atoms with Crippen molar-refractivity contribution in [1.29, 1.82) is 0 Å². The second kappa shape index (κ2) is 9.88. The molecule has 0 N–H and O–H groups in total. The Balaban J connectivity index is 1.05. The van der Waals surface area contributed by atoms with Crippen molar-refractivity contribution in [2.75, 3.05) is 19.7 Å². The SMILES string of the molecule is Clc1cccc(Oc2cnc(OCC3CC(c4ccc(CN5CCCC5)cc4)C3)nc2)c1. The molecule has 0 radical (unpaired) electrons. The van der Waals surface area contributed by atoms with E-state index in [1.54, 1.807) is 24.5 Å². The highest BCUT2D eigenvalue weighted by molar-refractivity contribution is 6.30. The zero-order valence-electron chi connectivity index (χ0n) is 18.1. The maximum atomic E-state index is 5.98. The van der Waals surface area contributed by atoms with E-state index in [2.05, 4.69) is 39.1 Å². The smallest absolute Gasteiger partial charge is 0.316 e.